The van der Waals surface area contributed by atoms with Crippen molar-refractivity contribution < 1.29 is 37.3 Å². The van der Waals surface area contributed by atoms with E-state index in [-0.39, 0.29) is 22.6 Å². The molecule has 3 aromatic rings. The van der Waals surface area contributed by atoms with Gasteiger partial charge in [0.1, 0.15) is 17.2 Å². The summed E-state index contributed by atoms with van der Waals surface area (Å²) in [4.78, 5) is 23.6. The van der Waals surface area contributed by atoms with E-state index in [2.05, 4.69) is 10.1 Å². The second kappa shape index (κ2) is 8.78. The van der Waals surface area contributed by atoms with Gasteiger partial charge in [-0.1, -0.05) is 6.07 Å². The number of aromatic carboxylic acids is 1. The normalized spacial score (nSPS) is 11.0. The number of anilines is 1. The lowest BCUT2D eigenvalue weighted by Gasteiger charge is -2.13. The summed E-state index contributed by atoms with van der Waals surface area (Å²) in [6.07, 6.45) is -4.80. The van der Waals surface area contributed by atoms with Crippen molar-refractivity contribution in [1.29, 1.82) is 0 Å². The Kier molecular flexibility index (Phi) is 6.15. The standard InChI is InChI=1S/C22H16F3NO5/c1-13-2-11-18(20(27)26-15-5-3-14(4-6-15)21(28)29)19(12-13)30-16-7-9-17(10-8-16)31-22(23,24)25/h2-12H,1H3,(H,26,27)(H,28,29). The number of hydrogen-bond acceptors (Lipinski definition) is 4. The molecule has 3 rings (SSSR count). The molecule has 0 saturated carbocycles. The molecule has 0 aliphatic heterocycles. The number of carbonyl (C=O) groups excluding carboxylic acids is 1. The zero-order valence-corrected chi connectivity index (χ0v) is 16.1. The summed E-state index contributed by atoms with van der Waals surface area (Å²) < 4.78 is 46.4. The molecule has 3 aromatic carbocycles. The molecular formula is C22H16F3NO5. The summed E-state index contributed by atoms with van der Waals surface area (Å²) in [7, 11) is 0. The van der Waals surface area contributed by atoms with Gasteiger partial charge in [0.05, 0.1) is 11.1 Å². The van der Waals surface area contributed by atoms with Crippen molar-refractivity contribution in [3.8, 4) is 17.2 Å². The van der Waals surface area contributed by atoms with Crippen molar-refractivity contribution in [3.05, 3.63) is 83.4 Å². The number of carboxylic acids is 1. The van der Waals surface area contributed by atoms with Gasteiger partial charge in [-0.3, -0.25) is 4.79 Å². The summed E-state index contributed by atoms with van der Waals surface area (Å²) in [5, 5.41) is 11.6. The average molecular weight is 431 g/mol. The van der Waals surface area contributed by atoms with Crippen molar-refractivity contribution >= 4 is 17.6 Å². The number of hydrogen-bond donors (Lipinski definition) is 2. The number of halogens is 3. The molecular weight excluding hydrogens is 415 g/mol. The number of aryl methyl sites for hydroxylation is 1. The van der Waals surface area contributed by atoms with Crippen LogP contribution in [0.3, 0.4) is 0 Å². The molecule has 1 amide bonds. The van der Waals surface area contributed by atoms with E-state index in [1.165, 1.54) is 36.4 Å². The minimum atomic E-state index is -4.80. The number of ether oxygens (including phenoxy) is 2. The van der Waals surface area contributed by atoms with Gasteiger partial charge in [-0.15, -0.1) is 13.2 Å². The number of carboxylic acid groups (broad SMARTS) is 1. The highest BCUT2D eigenvalue weighted by Gasteiger charge is 2.31. The quantitative estimate of drug-likeness (QED) is 0.528. The Labute approximate surface area is 174 Å². The van der Waals surface area contributed by atoms with E-state index in [0.29, 0.717) is 5.69 Å². The minimum absolute atomic E-state index is 0.0790. The lowest BCUT2D eigenvalue weighted by molar-refractivity contribution is -0.274. The average Bonchev–Trinajstić information content (AvgIpc) is 2.69. The van der Waals surface area contributed by atoms with E-state index < -0.39 is 24.0 Å². The van der Waals surface area contributed by atoms with Crippen LogP contribution < -0.4 is 14.8 Å². The van der Waals surface area contributed by atoms with Gasteiger partial charge < -0.3 is 19.9 Å². The van der Waals surface area contributed by atoms with Gasteiger partial charge >= 0.3 is 12.3 Å². The smallest absolute Gasteiger partial charge is 0.478 e. The zero-order chi connectivity index (χ0) is 22.6. The Bertz CT molecular complexity index is 1090. The largest absolute Gasteiger partial charge is 0.573 e. The number of rotatable bonds is 6. The lowest BCUT2D eigenvalue weighted by Crippen LogP contribution is -2.16. The summed E-state index contributed by atoms with van der Waals surface area (Å²) >= 11 is 0. The SMILES string of the molecule is Cc1ccc(C(=O)Nc2ccc(C(=O)O)cc2)c(Oc2ccc(OC(F)(F)F)cc2)c1. The van der Waals surface area contributed by atoms with Crippen LogP contribution in [0.4, 0.5) is 18.9 Å². The maximum atomic E-state index is 12.7. The summed E-state index contributed by atoms with van der Waals surface area (Å²) in [5.41, 5.74) is 1.45. The first kappa shape index (κ1) is 21.7. The second-order valence-electron chi connectivity index (χ2n) is 6.46. The highest BCUT2D eigenvalue weighted by atomic mass is 19.4. The van der Waals surface area contributed by atoms with E-state index in [9.17, 15) is 22.8 Å². The molecule has 0 spiro atoms. The van der Waals surface area contributed by atoms with Crippen molar-refractivity contribution in [2.75, 3.05) is 5.32 Å². The fraction of sp³-hybridized carbons (Fsp3) is 0.0909. The van der Waals surface area contributed by atoms with E-state index in [4.69, 9.17) is 9.84 Å². The summed E-state index contributed by atoms with van der Waals surface area (Å²) in [6, 6.07) is 15.3. The third-order valence-electron chi connectivity index (χ3n) is 4.06. The van der Waals surface area contributed by atoms with Gasteiger partial charge in [0.15, 0.2) is 0 Å². The molecule has 0 saturated heterocycles. The number of carbonyl (C=O) groups is 2. The van der Waals surface area contributed by atoms with Crippen LogP contribution in [0.2, 0.25) is 0 Å². The maximum Gasteiger partial charge on any atom is 0.573 e. The van der Waals surface area contributed by atoms with Crippen LogP contribution in [0.5, 0.6) is 17.2 Å². The molecule has 9 heteroatoms. The first-order valence-electron chi connectivity index (χ1n) is 8.90. The van der Waals surface area contributed by atoms with Crippen LogP contribution in [0.15, 0.2) is 66.7 Å². The minimum Gasteiger partial charge on any atom is -0.478 e. The molecule has 0 heterocycles. The van der Waals surface area contributed by atoms with Crippen LogP contribution in [0, 0.1) is 6.92 Å². The predicted octanol–water partition coefficient (Wildman–Crippen LogP) is 5.64. The van der Waals surface area contributed by atoms with Gasteiger partial charge in [0.25, 0.3) is 5.91 Å². The zero-order valence-electron chi connectivity index (χ0n) is 16.1. The highest BCUT2D eigenvalue weighted by molar-refractivity contribution is 6.06. The number of benzene rings is 3. The Hall–Kier alpha value is -4.01. The van der Waals surface area contributed by atoms with Crippen molar-refractivity contribution in [1.82, 2.24) is 0 Å². The van der Waals surface area contributed by atoms with E-state index in [0.717, 1.165) is 17.7 Å². The molecule has 0 aliphatic rings. The maximum absolute atomic E-state index is 12.7. The van der Waals surface area contributed by atoms with E-state index in [1.807, 2.05) is 0 Å². The number of alkyl halides is 3. The first-order chi connectivity index (χ1) is 14.6. The predicted molar refractivity (Wildman–Crippen MR) is 106 cm³/mol. The molecule has 0 radical (unpaired) electrons. The second-order valence-corrected chi connectivity index (χ2v) is 6.46. The van der Waals surface area contributed by atoms with Crippen molar-refractivity contribution in [2.24, 2.45) is 0 Å². The molecule has 160 valence electrons. The monoisotopic (exact) mass is 431 g/mol. The van der Waals surface area contributed by atoms with Gasteiger partial charge in [0, 0.05) is 5.69 Å². The van der Waals surface area contributed by atoms with Gasteiger partial charge in [-0.2, -0.15) is 0 Å². The molecule has 0 unspecified atom stereocenters. The Morgan fingerprint density at radius 3 is 2.10 bits per heavy atom. The molecule has 0 atom stereocenters. The van der Waals surface area contributed by atoms with Crippen LogP contribution in [-0.4, -0.2) is 23.3 Å². The van der Waals surface area contributed by atoms with Gasteiger partial charge in [-0.05, 0) is 73.2 Å². The summed E-state index contributed by atoms with van der Waals surface area (Å²) in [6.45, 7) is 1.79. The number of nitrogens with one attached hydrogen (secondary N) is 1. The van der Waals surface area contributed by atoms with Crippen LogP contribution >= 0.6 is 0 Å². The molecule has 6 nitrogen and oxygen atoms in total. The fourth-order valence-corrected chi connectivity index (χ4v) is 2.63. The molecule has 0 aliphatic carbocycles. The third kappa shape index (κ3) is 5.99. The Morgan fingerprint density at radius 2 is 1.52 bits per heavy atom. The lowest BCUT2D eigenvalue weighted by atomic mass is 10.1. The van der Waals surface area contributed by atoms with Crippen molar-refractivity contribution in [3.63, 3.8) is 0 Å². The first-order valence-corrected chi connectivity index (χ1v) is 8.90. The summed E-state index contributed by atoms with van der Waals surface area (Å²) in [5.74, 6) is -1.58. The van der Waals surface area contributed by atoms with Gasteiger partial charge in [-0.25, -0.2) is 4.79 Å². The molecule has 2 N–H and O–H groups in total. The van der Waals surface area contributed by atoms with E-state index in [1.54, 1.807) is 25.1 Å². The molecule has 0 aromatic heterocycles. The molecule has 31 heavy (non-hydrogen) atoms. The van der Waals surface area contributed by atoms with Crippen LogP contribution in [-0.2, 0) is 0 Å². The van der Waals surface area contributed by atoms with Crippen LogP contribution in [0.1, 0.15) is 26.3 Å². The van der Waals surface area contributed by atoms with Crippen LogP contribution in [0.25, 0.3) is 0 Å². The molecule has 0 fully saturated rings. The highest BCUT2D eigenvalue weighted by Crippen LogP contribution is 2.30. The fourth-order valence-electron chi connectivity index (χ4n) is 2.63. The number of amides is 1. The Balaban J connectivity index is 1.78. The van der Waals surface area contributed by atoms with Crippen molar-refractivity contribution in [2.45, 2.75) is 13.3 Å². The van der Waals surface area contributed by atoms with Gasteiger partial charge in [0.2, 0.25) is 0 Å². The topological polar surface area (TPSA) is 84.9 Å². The third-order valence-corrected chi connectivity index (χ3v) is 4.06. The molecule has 0 bridgehead atoms. The van der Waals surface area contributed by atoms with E-state index >= 15 is 0 Å². The Morgan fingerprint density at radius 1 is 0.903 bits per heavy atom.